The van der Waals surface area contributed by atoms with E-state index in [0.717, 1.165) is 5.56 Å². The number of nitrogens with two attached hydrogens (primary N) is 1. The van der Waals surface area contributed by atoms with Crippen LogP contribution in [0.5, 0.6) is 5.75 Å². The Labute approximate surface area is 119 Å². The zero-order valence-electron chi connectivity index (χ0n) is 11.6. The first kappa shape index (κ1) is 15.8. The summed E-state index contributed by atoms with van der Waals surface area (Å²) in [6.07, 6.45) is 0.618. The summed E-state index contributed by atoms with van der Waals surface area (Å²) in [5.74, 6) is 0.567. The minimum atomic E-state index is -0.0609. The van der Waals surface area contributed by atoms with E-state index in [9.17, 15) is 4.79 Å². The Kier molecular flexibility index (Phi) is 6.12. The first-order valence-corrected chi connectivity index (χ1v) is 6.73. The van der Waals surface area contributed by atoms with Crippen molar-refractivity contribution in [2.24, 2.45) is 5.73 Å². The van der Waals surface area contributed by atoms with Crippen molar-refractivity contribution in [2.45, 2.75) is 26.3 Å². The summed E-state index contributed by atoms with van der Waals surface area (Å²) in [6.45, 7) is 4.49. The smallest absolute Gasteiger partial charge is 0.260 e. The maximum atomic E-state index is 11.7. The van der Waals surface area contributed by atoms with Crippen molar-refractivity contribution >= 4 is 17.5 Å². The van der Waals surface area contributed by atoms with E-state index in [0.29, 0.717) is 23.7 Å². The van der Waals surface area contributed by atoms with Gasteiger partial charge in [0.15, 0.2) is 6.61 Å². The molecule has 0 radical (unpaired) electrons. The van der Waals surface area contributed by atoms with E-state index in [1.807, 2.05) is 19.9 Å². The summed E-state index contributed by atoms with van der Waals surface area (Å²) in [5.41, 5.74) is 6.65. The van der Waals surface area contributed by atoms with E-state index in [2.05, 4.69) is 0 Å². The lowest BCUT2D eigenvalue weighted by atomic mass is 10.1. The van der Waals surface area contributed by atoms with Crippen molar-refractivity contribution in [3.8, 4) is 5.75 Å². The zero-order chi connectivity index (χ0) is 14.4. The standard InChI is InChI=1S/C14H21ClN2O2/c1-4-17(3)14(18)9-19-13-7-5-6-12(15)11(13)8-10(2)16/h5-7,10H,4,8-9,16H2,1-3H3. The number of hydrogen-bond donors (Lipinski definition) is 1. The number of amides is 1. The number of nitrogens with zero attached hydrogens (tertiary/aromatic N) is 1. The van der Waals surface area contributed by atoms with Crippen LogP contribution in [-0.2, 0) is 11.2 Å². The molecule has 0 saturated heterocycles. The first-order chi connectivity index (χ1) is 8.95. The molecule has 0 spiro atoms. The fraction of sp³-hybridized carbons (Fsp3) is 0.500. The second kappa shape index (κ2) is 7.36. The van der Waals surface area contributed by atoms with Gasteiger partial charge in [-0.25, -0.2) is 0 Å². The average molecular weight is 285 g/mol. The van der Waals surface area contributed by atoms with Crippen LogP contribution in [0.1, 0.15) is 19.4 Å². The zero-order valence-corrected chi connectivity index (χ0v) is 12.4. The van der Waals surface area contributed by atoms with E-state index >= 15 is 0 Å². The van der Waals surface area contributed by atoms with E-state index in [1.165, 1.54) is 0 Å². The van der Waals surface area contributed by atoms with Crippen LogP contribution in [0.4, 0.5) is 0 Å². The summed E-state index contributed by atoms with van der Waals surface area (Å²) in [6, 6.07) is 5.39. The predicted octanol–water partition coefficient (Wildman–Crippen LogP) is 2.09. The van der Waals surface area contributed by atoms with Crippen molar-refractivity contribution in [3.05, 3.63) is 28.8 Å². The maximum Gasteiger partial charge on any atom is 0.260 e. The molecule has 0 aliphatic heterocycles. The van der Waals surface area contributed by atoms with E-state index in [-0.39, 0.29) is 18.6 Å². The van der Waals surface area contributed by atoms with Gasteiger partial charge in [0.05, 0.1) is 0 Å². The Morgan fingerprint density at radius 1 is 1.53 bits per heavy atom. The Balaban J connectivity index is 2.78. The molecule has 0 aromatic heterocycles. The highest BCUT2D eigenvalue weighted by atomic mass is 35.5. The van der Waals surface area contributed by atoms with Gasteiger partial charge < -0.3 is 15.4 Å². The highest BCUT2D eigenvalue weighted by Crippen LogP contribution is 2.27. The number of likely N-dealkylation sites (N-methyl/N-ethyl adjacent to an activating group) is 1. The minimum absolute atomic E-state index is 0.0106. The molecule has 0 aliphatic carbocycles. The van der Waals surface area contributed by atoms with E-state index in [1.54, 1.807) is 24.1 Å². The van der Waals surface area contributed by atoms with Crippen molar-refractivity contribution in [2.75, 3.05) is 20.2 Å². The molecule has 1 rings (SSSR count). The van der Waals surface area contributed by atoms with Gasteiger partial charge in [0.25, 0.3) is 5.91 Å². The first-order valence-electron chi connectivity index (χ1n) is 6.35. The molecule has 1 aromatic carbocycles. The fourth-order valence-corrected chi connectivity index (χ4v) is 1.86. The molecule has 2 N–H and O–H groups in total. The quantitative estimate of drug-likeness (QED) is 0.870. The molecule has 1 unspecified atom stereocenters. The fourth-order valence-electron chi connectivity index (χ4n) is 1.62. The van der Waals surface area contributed by atoms with Gasteiger partial charge in [0.2, 0.25) is 0 Å². The molecule has 4 nitrogen and oxygen atoms in total. The van der Waals surface area contributed by atoms with Crippen LogP contribution in [0.2, 0.25) is 5.02 Å². The van der Waals surface area contributed by atoms with Gasteiger partial charge in [-0.2, -0.15) is 0 Å². The van der Waals surface area contributed by atoms with Gasteiger partial charge in [0.1, 0.15) is 5.75 Å². The summed E-state index contributed by atoms with van der Waals surface area (Å²) in [5, 5.41) is 0.617. The third-order valence-corrected chi connectivity index (χ3v) is 3.21. The molecule has 0 saturated carbocycles. The lowest BCUT2D eigenvalue weighted by Gasteiger charge is -2.17. The van der Waals surface area contributed by atoms with Gasteiger partial charge in [-0.15, -0.1) is 0 Å². The van der Waals surface area contributed by atoms with Crippen molar-refractivity contribution in [1.29, 1.82) is 0 Å². The molecule has 0 heterocycles. The number of halogens is 1. The van der Waals surface area contributed by atoms with Crippen molar-refractivity contribution in [1.82, 2.24) is 4.90 Å². The van der Waals surface area contributed by atoms with Gasteiger partial charge in [-0.3, -0.25) is 4.79 Å². The summed E-state index contributed by atoms with van der Waals surface area (Å²) in [4.78, 5) is 13.3. The van der Waals surface area contributed by atoms with Crippen LogP contribution in [0.25, 0.3) is 0 Å². The van der Waals surface area contributed by atoms with Gasteiger partial charge in [-0.1, -0.05) is 17.7 Å². The molecular weight excluding hydrogens is 264 g/mol. The Bertz CT molecular complexity index is 435. The molecule has 106 valence electrons. The molecule has 1 amide bonds. The maximum absolute atomic E-state index is 11.7. The van der Waals surface area contributed by atoms with Crippen molar-refractivity contribution in [3.63, 3.8) is 0 Å². The average Bonchev–Trinajstić information content (AvgIpc) is 2.37. The second-order valence-electron chi connectivity index (χ2n) is 4.59. The highest BCUT2D eigenvalue weighted by Gasteiger charge is 2.13. The molecule has 0 bridgehead atoms. The summed E-state index contributed by atoms with van der Waals surface area (Å²) in [7, 11) is 1.74. The molecular formula is C14H21ClN2O2. The topological polar surface area (TPSA) is 55.6 Å². The molecule has 1 atom stereocenters. The number of carbonyl (C=O) groups is 1. The van der Waals surface area contributed by atoms with E-state index in [4.69, 9.17) is 22.1 Å². The predicted molar refractivity (Wildman–Crippen MR) is 77.6 cm³/mol. The molecule has 5 heteroatoms. The molecule has 1 aromatic rings. The Morgan fingerprint density at radius 2 is 2.21 bits per heavy atom. The summed E-state index contributed by atoms with van der Waals surface area (Å²) >= 11 is 6.15. The largest absolute Gasteiger partial charge is 0.483 e. The Morgan fingerprint density at radius 3 is 2.79 bits per heavy atom. The normalized spacial score (nSPS) is 12.1. The number of ether oxygens (including phenoxy) is 1. The minimum Gasteiger partial charge on any atom is -0.483 e. The van der Waals surface area contributed by atoms with Gasteiger partial charge >= 0.3 is 0 Å². The van der Waals surface area contributed by atoms with Crippen LogP contribution in [0.15, 0.2) is 18.2 Å². The lowest BCUT2D eigenvalue weighted by molar-refractivity contribution is -0.131. The number of rotatable bonds is 6. The number of carbonyl (C=O) groups excluding carboxylic acids is 1. The Hall–Kier alpha value is -1.26. The van der Waals surface area contributed by atoms with Crippen LogP contribution in [-0.4, -0.2) is 37.0 Å². The van der Waals surface area contributed by atoms with Gasteiger partial charge in [0, 0.05) is 30.2 Å². The van der Waals surface area contributed by atoms with Gasteiger partial charge in [-0.05, 0) is 32.4 Å². The van der Waals surface area contributed by atoms with E-state index < -0.39 is 0 Å². The SMILES string of the molecule is CCN(C)C(=O)COc1cccc(Cl)c1CC(C)N. The number of benzene rings is 1. The number of hydrogen-bond acceptors (Lipinski definition) is 3. The molecule has 0 aliphatic rings. The van der Waals surface area contributed by atoms with Crippen LogP contribution >= 0.6 is 11.6 Å². The second-order valence-corrected chi connectivity index (χ2v) is 5.00. The molecule has 19 heavy (non-hydrogen) atoms. The van der Waals surface area contributed by atoms with Crippen molar-refractivity contribution < 1.29 is 9.53 Å². The van der Waals surface area contributed by atoms with Crippen LogP contribution in [0, 0.1) is 0 Å². The van der Waals surface area contributed by atoms with Crippen LogP contribution < -0.4 is 10.5 Å². The molecule has 0 fully saturated rings. The lowest BCUT2D eigenvalue weighted by Crippen LogP contribution is -2.31. The third-order valence-electron chi connectivity index (χ3n) is 2.85. The third kappa shape index (κ3) is 4.73. The summed E-state index contributed by atoms with van der Waals surface area (Å²) < 4.78 is 5.57. The van der Waals surface area contributed by atoms with Crippen LogP contribution in [0.3, 0.4) is 0 Å². The monoisotopic (exact) mass is 284 g/mol. The highest BCUT2D eigenvalue weighted by molar-refractivity contribution is 6.31.